The smallest absolute Gasteiger partial charge is 0.356 e. The second-order valence-corrected chi connectivity index (χ2v) is 4.57. The first-order valence-corrected chi connectivity index (χ1v) is 6.23. The first-order valence-electron chi connectivity index (χ1n) is 6.23. The summed E-state index contributed by atoms with van der Waals surface area (Å²) in [6.45, 7) is 1.79. The Morgan fingerprint density at radius 3 is 2.72 bits per heavy atom. The normalized spacial score (nSPS) is 16.1. The number of nitrogens with zero attached hydrogens (tertiary/aromatic N) is 3. The molecule has 3 rings (SSSR count). The van der Waals surface area contributed by atoms with E-state index >= 15 is 0 Å². The molecule has 1 aliphatic heterocycles. The van der Waals surface area contributed by atoms with E-state index in [1.54, 1.807) is 10.6 Å². The van der Waals surface area contributed by atoms with Gasteiger partial charge in [-0.3, -0.25) is 4.40 Å². The Balaban J connectivity index is 2.14. The average Bonchev–Trinajstić information content (AvgIpc) is 2.79. The number of hydrogen-bond acceptors (Lipinski definition) is 3. The Morgan fingerprint density at radius 1 is 1.22 bits per heavy atom. The lowest BCUT2D eigenvalue weighted by molar-refractivity contribution is 0.0690. The molecule has 0 amide bonds. The second kappa shape index (κ2) is 4.33. The molecule has 0 radical (unpaired) electrons. The lowest BCUT2D eigenvalue weighted by Crippen LogP contribution is -2.31. The van der Waals surface area contributed by atoms with E-state index in [0.717, 1.165) is 25.9 Å². The van der Waals surface area contributed by atoms with E-state index in [9.17, 15) is 9.90 Å². The van der Waals surface area contributed by atoms with Crippen LogP contribution in [0.25, 0.3) is 5.65 Å². The minimum Gasteiger partial charge on any atom is -0.476 e. The molecule has 5 nitrogen and oxygen atoms in total. The Labute approximate surface area is 105 Å². The maximum absolute atomic E-state index is 11.5. The molecule has 0 unspecified atom stereocenters. The van der Waals surface area contributed by atoms with Crippen LogP contribution in [0.3, 0.4) is 0 Å². The van der Waals surface area contributed by atoms with E-state index in [0.29, 0.717) is 11.5 Å². The van der Waals surface area contributed by atoms with Crippen LogP contribution in [0.2, 0.25) is 0 Å². The van der Waals surface area contributed by atoms with Crippen molar-refractivity contribution in [1.29, 1.82) is 0 Å². The third kappa shape index (κ3) is 1.72. The number of fused-ring (bicyclic) bond motifs is 1. The van der Waals surface area contributed by atoms with Crippen molar-refractivity contribution < 1.29 is 9.90 Å². The van der Waals surface area contributed by atoms with E-state index in [1.165, 1.54) is 6.42 Å². The highest BCUT2D eigenvalue weighted by molar-refractivity contribution is 5.93. The maximum atomic E-state index is 11.5. The van der Waals surface area contributed by atoms with E-state index in [-0.39, 0.29) is 5.69 Å². The van der Waals surface area contributed by atoms with Gasteiger partial charge in [0.2, 0.25) is 0 Å². The highest BCUT2D eigenvalue weighted by atomic mass is 16.4. The van der Waals surface area contributed by atoms with Crippen molar-refractivity contribution in [3.8, 4) is 0 Å². The number of pyridine rings is 1. The van der Waals surface area contributed by atoms with E-state index in [2.05, 4.69) is 9.88 Å². The number of aromatic nitrogens is 2. The van der Waals surface area contributed by atoms with Crippen LogP contribution >= 0.6 is 0 Å². The van der Waals surface area contributed by atoms with Crippen LogP contribution in [-0.4, -0.2) is 33.6 Å². The van der Waals surface area contributed by atoms with Gasteiger partial charge in [-0.1, -0.05) is 6.07 Å². The van der Waals surface area contributed by atoms with Gasteiger partial charge in [-0.15, -0.1) is 0 Å². The van der Waals surface area contributed by atoms with Gasteiger partial charge in [0.15, 0.2) is 11.5 Å². The van der Waals surface area contributed by atoms with Crippen molar-refractivity contribution in [3.05, 3.63) is 30.1 Å². The minimum absolute atomic E-state index is 0.271. The number of anilines is 1. The summed E-state index contributed by atoms with van der Waals surface area (Å²) in [6.07, 6.45) is 5.17. The standard InChI is InChI=1S/C13H15N3O2/c17-13(18)11-12(15-7-3-1-4-8-15)14-10-6-2-5-9-16(10)11/h2,5-6,9H,1,3-4,7-8H2,(H,17,18). The molecule has 0 saturated carbocycles. The van der Waals surface area contributed by atoms with Gasteiger partial charge in [0.1, 0.15) is 5.65 Å². The molecule has 2 aromatic rings. The van der Waals surface area contributed by atoms with Crippen LogP contribution in [0.15, 0.2) is 24.4 Å². The number of hydrogen-bond donors (Lipinski definition) is 1. The molecular weight excluding hydrogens is 230 g/mol. The molecule has 0 bridgehead atoms. The molecule has 5 heteroatoms. The van der Waals surface area contributed by atoms with Crippen LogP contribution in [0.1, 0.15) is 29.8 Å². The largest absolute Gasteiger partial charge is 0.476 e. The third-order valence-corrected chi connectivity index (χ3v) is 3.37. The van der Waals surface area contributed by atoms with Gasteiger partial charge in [0.05, 0.1) is 0 Å². The van der Waals surface area contributed by atoms with Gasteiger partial charge in [-0.2, -0.15) is 0 Å². The van der Waals surface area contributed by atoms with E-state index in [1.807, 2.05) is 18.2 Å². The maximum Gasteiger partial charge on any atom is 0.356 e. The number of carbonyl (C=O) groups is 1. The first kappa shape index (κ1) is 11.1. The summed E-state index contributed by atoms with van der Waals surface area (Å²) in [7, 11) is 0. The number of piperidine rings is 1. The van der Waals surface area contributed by atoms with Gasteiger partial charge in [-0.25, -0.2) is 9.78 Å². The first-order chi connectivity index (χ1) is 8.77. The molecular formula is C13H15N3O2. The zero-order chi connectivity index (χ0) is 12.5. The summed E-state index contributed by atoms with van der Waals surface area (Å²) < 4.78 is 1.65. The molecule has 2 aromatic heterocycles. The van der Waals surface area contributed by atoms with Crippen LogP contribution in [0.4, 0.5) is 5.82 Å². The SMILES string of the molecule is O=C(O)c1c(N2CCCCC2)nc2ccccn12. The number of aromatic carboxylic acids is 1. The fourth-order valence-electron chi connectivity index (χ4n) is 2.51. The van der Waals surface area contributed by atoms with Crippen molar-refractivity contribution >= 4 is 17.4 Å². The molecule has 0 aromatic carbocycles. The quantitative estimate of drug-likeness (QED) is 0.879. The molecule has 1 saturated heterocycles. The number of carboxylic acids is 1. The summed E-state index contributed by atoms with van der Waals surface area (Å²) >= 11 is 0. The highest BCUT2D eigenvalue weighted by Crippen LogP contribution is 2.24. The molecule has 0 atom stereocenters. The van der Waals surface area contributed by atoms with Crippen molar-refractivity contribution in [3.63, 3.8) is 0 Å². The van der Waals surface area contributed by atoms with Gasteiger partial charge >= 0.3 is 5.97 Å². The Kier molecular flexibility index (Phi) is 2.66. The fraction of sp³-hybridized carbons (Fsp3) is 0.385. The van der Waals surface area contributed by atoms with Gasteiger partial charge < -0.3 is 10.0 Å². The van der Waals surface area contributed by atoms with Crippen LogP contribution in [-0.2, 0) is 0 Å². The topological polar surface area (TPSA) is 57.8 Å². The van der Waals surface area contributed by atoms with Crippen molar-refractivity contribution in [2.45, 2.75) is 19.3 Å². The molecule has 94 valence electrons. The van der Waals surface area contributed by atoms with Crippen LogP contribution in [0, 0.1) is 0 Å². The number of imidazole rings is 1. The van der Waals surface area contributed by atoms with Crippen molar-refractivity contribution in [1.82, 2.24) is 9.38 Å². The molecule has 3 heterocycles. The van der Waals surface area contributed by atoms with E-state index < -0.39 is 5.97 Å². The Bertz CT molecular complexity index is 585. The minimum atomic E-state index is -0.922. The monoisotopic (exact) mass is 245 g/mol. The predicted octanol–water partition coefficient (Wildman–Crippen LogP) is 2.02. The van der Waals surface area contributed by atoms with Crippen LogP contribution < -0.4 is 4.90 Å². The highest BCUT2D eigenvalue weighted by Gasteiger charge is 2.23. The predicted molar refractivity (Wildman–Crippen MR) is 68.2 cm³/mol. The number of rotatable bonds is 2. The van der Waals surface area contributed by atoms with Crippen molar-refractivity contribution in [2.75, 3.05) is 18.0 Å². The molecule has 0 aliphatic carbocycles. The lowest BCUT2D eigenvalue weighted by atomic mass is 10.1. The summed E-state index contributed by atoms with van der Waals surface area (Å²) in [5.74, 6) is -0.317. The average molecular weight is 245 g/mol. The van der Waals surface area contributed by atoms with E-state index in [4.69, 9.17) is 0 Å². The lowest BCUT2D eigenvalue weighted by Gasteiger charge is -2.27. The van der Waals surface area contributed by atoms with Gasteiger partial charge in [0, 0.05) is 19.3 Å². The summed E-state index contributed by atoms with van der Waals surface area (Å²) in [5.41, 5.74) is 0.961. The molecule has 18 heavy (non-hydrogen) atoms. The second-order valence-electron chi connectivity index (χ2n) is 4.57. The van der Waals surface area contributed by atoms with Crippen LogP contribution in [0.5, 0.6) is 0 Å². The zero-order valence-corrected chi connectivity index (χ0v) is 10.0. The molecule has 1 fully saturated rings. The summed E-state index contributed by atoms with van der Waals surface area (Å²) in [6, 6.07) is 5.52. The van der Waals surface area contributed by atoms with Gasteiger partial charge in [-0.05, 0) is 31.4 Å². The molecule has 1 N–H and O–H groups in total. The van der Waals surface area contributed by atoms with Crippen molar-refractivity contribution in [2.24, 2.45) is 0 Å². The Morgan fingerprint density at radius 2 is 2.00 bits per heavy atom. The molecule has 1 aliphatic rings. The summed E-state index contributed by atoms with van der Waals surface area (Å²) in [5, 5.41) is 9.40. The molecule has 0 spiro atoms. The third-order valence-electron chi connectivity index (χ3n) is 3.37. The Hall–Kier alpha value is -2.04. The zero-order valence-electron chi connectivity index (χ0n) is 10.0. The fourth-order valence-corrected chi connectivity index (χ4v) is 2.51. The number of carboxylic acid groups (broad SMARTS) is 1. The summed E-state index contributed by atoms with van der Waals surface area (Å²) in [4.78, 5) is 18.0. The van der Waals surface area contributed by atoms with Gasteiger partial charge in [0.25, 0.3) is 0 Å².